The van der Waals surface area contributed by atoms with E-state index in [0.29, 0.717) is 22.6 Å². The molecule has 9 heteroatoms. The predicted molar refractivity (Wildman–Crippen MR) is 132 cm³/mol. The van der Waals surface area contributed by atoms with Crippen LogP contribution in [-0.4, -0.2) is 35.0 Å². The third-order valence-electron chi connectivity index (χ3n) is 5.62. The summed E-state index contributed by atoms with van der Waals surface area (Å²) in [6, 6.07) is 16.5. The Kier molecular flexibility index (Phi) is 6.82. The quantitative estimate of drug-likeness (QED) is 0.266. The van der Waals surface area contributed by atoms with Crippen molar-refractivity contribution < 1.29 is 29.3 Å². The smallest absolute Gasteiger partial charge is 0.307 e. The molecule has 2 N–H and O–H groups in total. The maximum absolute atomic E-state index is 13.2. The number of hydrogen-bond acceptors (Lipinski definition) is 5. The van der Waals surface area contributed by atoms with Gasteiger partial charge in [-0.2, -0.15) is 0 Å². The van der Waals surface area contributed by atoms with E-state index in [0.717, 1.165) is 0 Å². The first-order chi connectivity index (χ1) is 16.7. The van der Waals surface area contributed by atoms with Crippen LogP contribution in [0.4, 0.5) is 5.69 Å². The summed E-state index contributed by atoms with van der Waals surface area (Å²) in [5, 5.41) is 20.7. The Labute approximate surface area is 210 Å². The van der Waals surface area contributed by atoms with Crippen molar-refractivity contribution in [3.05, 3.63) is 99.0 Å². The summed E-state index contributed by atoms with van der Waals surface area (Å²) in [6.45, 7) is 0. The van der Waals surface area contributed by atoms with Crippen molar-refractivity contribution in [3.8, 4) is 5.75 Å². The molecule has 0 saturated carbocycles. The van der Waals surface area contributed by atoms with E-state index < -0.39 is 29.5 Å². The summed E-state index contributed by atoms with van der Waals surface area (Å²) in [7, 11) is 1.49. The molecule has 1 fully saturated rings. The first kappa shape index (κ1) is 24.3. The van der Waals surface area contributed by atoms with E-state index >= 15 is 0 Å². The first-order valence-electron chi connectivity index (χ1n) is 10.4. The molecule has 1 amide bonds. The van der Waals surface area contributed by atoms with Gasteiger partial charge in [0.1, 0.15) is 11.5 Å². The number of amides is 1. The van der Waals surface area contributed by atoms with Crippen LogP contribution in [0.2, 0.25) is 10.0 Å². The number of carboxylic acids is 1. The van der Waals surface area contributed by atoms with Crippen molar-refractivity contribution in [2.45, 2.75) is 12.5 Å². The van der Waals surface area contributed by atoms with Crippen LogP contribution in [0.15, 0.2) is 72.3 Å². The topological polar surface area (TPSA) is 104 Å². The Morgan fingerprint density at radius 3 is 2.31 bits per heavy atom. The van der Waals surface area contributed by atoms with Crippen molar-refractivity contribution in [1.29, 1.82) is 0 Å². The first-order valence-corrected chi connectivity index (χ1v) is 11.2. The van der Waals surface area contributed by atoms with Gasteiger partial charge < -0.3 is 14.9 Å². The number of ether oxygens (including phenoxy) is 1. The molecule has 1 aliphatic rings. The number of aliphatic hydroxyl groups excluding tert-OH is 1. The van der Waals surface area contributed by atoms with Crippen molar-refractivity contribution >= 4 is 52.3 Å². The van der Waals surface area contributed by atoms with Gasteiger partial charge in [0.25, 0.3) is 11.7 Å². The standard InChI is InChI=1S/C26H19Cl2NO6/c1-35-18-4-2-3-15(12-18)23-22(24(32)16-7-10-19(27)20(28)13-16)25(33)26(34)29(23)17-8-5-14(6-9-17)11-21(30)31/h2-10,12-13,23,32H,11H2,1H3,(H,30,31)/b24-22-. The predicted octanol–water partition coefficient (Wildman–Crippen LogP) is 5.26. The third-order valence-corrected chi connectivity index (χ3v) is 6.36. The van der Waals surface area contributed by atoms with E-state index in [1.54, 1.807) is 48.5 Å². The van der Waals surface area contributed by atoms with Gasteiger partial charge in [0, 0.05) is 11.3 Å². The van der Waals surface area contributed by atoms with Gasteiger partial charge in [-0.05, 0) is 53.6 Å². The summed E-state index contributed by atoms with van der Waals surface area (Å²) < 4.78 is 5.32. The Morgan fingerprint density at radius 2 is 1.69 bits per heavy atom. The number of carbonyl (C=O) groups excluding carboxylic acids is 2. The zero-order valence-electron chi connectivity index (χ0n) is 18.4. The zero-order valence-corrected chi connectivity index (χ0v) is 19.9. The largest absolute Gasteiger partial charge is 0.507 e. The molecule has 0 spiro atoms. The molecule has 1 saturated heterocycles. The summed E-state index contributed by atoms with van der Waals surface area (Å²) in [6.07, 6.45) is -0.185. The number of Topliss-reactive ketones (excluding diaryl/α,β-unsaturated/α-hetero) is 1. The van der Waals surface area contributed by atoms with Crippen LogP contribution in [0.1, 0.15) is 22.7 Å². The number of hydrogen-bond donors (Lipinski definition) is 2. The van der Waals surface area contributed by atoms with E-state index in [-0.39, 0.29) is 27.6 Å². The number of carboxylic acid groups (broad SMARTS) is 1. The summed E-state index contributed by atoms with van der Waals surface area (Å²) in [4.78, 5) is 38.8. The molecule has 7 nitrogen and oxygen atoms in total. The number of ketones is 1. The van der Waals surface area contributed by atoms with Gasteiger partial charge in [0.15, 0.2) is 0 Å². The molecule has 0 radical (unpaired) electrons. The monoisotopic (exact) mass is 511 g/mol. The lowest BCUT2D eigenvalue weighted by Gasteiger charge is -2.26. The Morgan fingerprint density at radius 1 is 0.971 bits per heavy atom. The Bertz CT molecular complexity index is 1370. The second-order valence-electron chi connectivity index (χ2n) is 7.81. The van der Waals surface area contributed by atoms with Crippen molar-refractivity contribution in [3.63, 3.8) is 0 Å². The molecule has 178 valence electrons. The minimum Gasteiger partial charge on any atom is -0.507 e. The minimum atomic E-state index is -0.990. The minimum absolute atomic E-state index is 0.128. The molecule has 1 heterocycles. The highest BCUT2D eigenvalue weighted by Gasteiger charge is 2.47. The van der Waals surface area contributed by atoms with Crippen LogP contribution in [0, 0.1) is 0 Å². The highest BCUT2D eigenvalue weighted by atomic mass is 35.5. The second-order valence-corrected chi connectivity index (χ2v) is 8.63. The molecular formula is C26H19Cl2NO6. The molecular weight excluding hydrogens is 493 g/mol. The van der Waals surface area contributed by atoms with E-state index in [1.165, 1.54) is 30.2 Å². The summed E-state index contributed by atoms with van der Waals surface area (Å²) in [5.41, 5.74) is 1.52. The number of aliphatic hydroxyl groups is 1. The number of rotatable bonds is 6. The Hall–Kier alpha value is -3.81. The van der Waals surface area contributed by atoms with E-state index in [4.69, 9.17) is 33.0 Å². The van der Waals surface area contributed by atoms with Crippen LogP contribution >= 0.6 is 23.2 Å². The van der Waals surface area contributed by atoms with Gasteiger partial charge in [-0.3, -0.25) is 19.3 Å². The average Bonchev–Trinajstić information content (AvgIpc) is 3.11. The number of methoxy groups -OCH3 is 1. The van der Waals surface area contributed by atoms with Gasteiger partial charge in [0.2, 0.25) is 0 Å². The van der Waals surface area contributed by atoms with Crippen LogP contribution in [0.25, 0.3) is 5.76 Å². The fourth-order valence-electron chi connectivity index (χ4n) is 3.97. The molecule has 3 aromatic rings. The zero-order chi connectivity index (χ0) is 25.3. The summed E-state index contributed by atoms with van der Waals surface area (Å²) in [5.74, 6) is -2.61. The van der Waals surface area contributed by atoms with Crippen LogP contribution in [0.5, 0.6) is 5.75 Å². The number of anilines is 1. The maximum atomic E-state index is 13.2. The van der Waals surface area contributed by atoms with Gasteiger partial charge in [-0.15, -0.1) is 0 Å². The Balaban J connectivity index is 1.90. The highest BCUT2D eigenvalue weighted by Crippen LogP contribution is 2.43. The van der Waals surface area contributed by atoms with Crippen LogP contribution in [0.3, 0.4) is 0 Å². The van der Waals surface area contributed by atoms with Gasteiger partial charge >= 0.3 is 5.97 Å². The number of nitrogens with zero attached hydrogens (tertiary/aromatic N) is 1. The molecule has 1 atom stereocenters. The molecule has 35 heavy (non-hydrogen) atoms. The van der Waals surface area contributed by atoms with Crippen LogP contribution < -0.4 is 9.64 Å². The van der Waals surface area contributed by atoms with Crippen molar-refractivity contribution in [2.24, 2.45) is 0 Å². The van der Waals surface area contributed by atoms with E-state index in [2.05, 4.69) is 0 Å². The number of halogens is 2. The lowest BCUT2D eigenvalue weighted by molar-refractivity contribution is -0.136. The van der Waals surface area contributed by atoms with Gasteiger partial charge in [-0.25, -0.2) is 0 Å². The van der Waals surface area contributed by atoms with Gasteiger partial charge in [0.05, 0.1) is 35.2 Å². The summed E-state index contributed by atoms with van der Waals surface area (Å²) >= 11 is 12.1. The number of aliphatic carboxylic acids is 1. The second kappa shape index (κ2) is 9.82. The molecule has 1 aliphatic heterocycles. The fourth-order valence-corrected chi connectivity index (χ4v) is 4.27. The van der Waals surface area contributed by atoms with E-state index in [1.807, 2.05) is 0 Å². The molecule has 0 bridgehead atoms. The van der Waals surface area contributed by atoms with Crippen molar-refractivity contribution in [1.82, 2.24) is 0 Å². The third kappa shape index (κ3) is 4.73. The lowest BCUT2D eigenvalue weighted by Crippen LogP contribution is -2.29. The number of carbonyl (C=O) groups is 3. The number of benzene rings is 3. The molecule has 0 aromatic heterocycles. The molecule has 4 rings (SSSR count). The maximum Gasteiger partial charge on any atom is 0.307 e. The molecule has 3 aromatic carbocycles. The molecule has 0 aliphatic carbocycles. The fraction of sp³-hybridized carbons (Fsp3) is 0.115. The normalized spacial score (nSPS) is 17.0. The highest BCUT2D eigenvalue weighted by molar-refractivity contribution is 6.51. The van der Waals surface area contributed by atoms with Crippen molar-refractivity contribution in [2.75, 3.05) is 12.0 Å². The van der Waals surface area contributed by atoms with Gasteiger partial charge in [-0.1, -0.05) is 47.5 Å². The molecule has 1 unspecified atom stereocenters. The lowest BCUT2D eigenvalue weighted by atomic mass is 9.95. The van der Waals surface area contributed by atoms with Crippen LogP contribution in [-0.2, 0) is 20.8 Å². The average molecular weight is 512 g/mol. The SMILES string of the molecule is COc1cccc(C2/C(=C(/O)c3ccc(Cl)c(Cl)c3)C(=O)C(=O)N2c2ccc(CC(=O)O)cc2)c1. The van der Waals surface area contributed by atoms with E-state index in [9.17, 15) is 19.5 Å².